The summed E-state index contributed by atoms with van der Waals surface area (Å²) >= 11 is 5.47. The molecule has 0 aliphatic carbocycles. The molecule has 2 unspecified atom stereocenters. The average Bonchev–Trinajstić information content (AvgIpc) is 2.17. The molecule has 0 spiro atoms. The number of esters is 1. The molecule has 0 aromatic carbocycles. The lowest BCUT2D eigenvalue weighted by molar-refractivity contribution is -0.146. The minimum Gasteiger partial charge on any atom is -0.480 e. The molecule has 0 saturated heterocycles. The average molecular weight is 223 g/mol. The lowest BCUT2D eigenvalue weighted by Gasteiger charge is -2.16. The summed E-state index contributed by atoms with van der Waals surface area (Å²) in [6, 6.07) is 0. The van der Waals surface area contributed by atoms with Gasteiger partial charge < -0.3 is 14.6 Å². The van der Waals surface area contributed by atoms with E-state index < -0.39 is 23.4 Å². The largest absolute Gasteiger partial charge is 0.480 e. The van der Waals surface area contributed by atoms with E-state index in [0.717, 1.165) is 6.08 Å². The summed E-state index contributed by atoms with van der Waals surface area (Å²) in [5.74, 6) is -1.88. The number of methoxy groups -OCH3 is 1. The van der Waals surface area contributed by atoms with Crippen LogP contribution in [0.25, 0.3) is 0 Å². The van der Waals surface area contributed by atoms with Gasteiger partial charge in [-0.3, -0.25) is 4.79 Å². The van der Waals surface area contributed by atoms with Gasteiger partial charge in [0.2, 0.25) is 0 Å². The molecule has 0 aromatic heterocycles. The summed E-state index contributed by atoms with van der Waals surface area (Å²) in [5.41, 5.74) is 0. The van der Waals surface area contributed by atoms with Crippen LogP contribution in [0, 0.1) is 0 Å². The molecule has 2 atom stereocenters. The van der Waals surface area contributed by atoms with Gasteiger partial charge in [-0.25, -0.2) is 4.79 Å². The molecule has 5 nitrogen and oxygen atoms in total. The number of ether oxygens (including phenoxy) is 2. The maximum Gasteiger partial charge on any atom is 0.330 e. The zero-order valence-electron chi connectivity index (χ0n) is 7.60. The van der Waals surface area contributed by atoms with Crippen LogP contribution in [0.3, 0.4) is 0 Å². The van der Waals surface area contributed by atoms with Crippen molar-refractivity contribution in [2.45, 2.75) is 11.5 Å². The third kappa shape index (κ3) is 4.25. The fraction of sp³-hybridized carbons (Fsp3) is 0.500. The van der Waals surface area contributed by atoms with Crippen LogP contribution in [0.1, 0.15) is 0 Å². The van der Waals surface area contributed by atoms with Gasteiger partial charge in [0.1, 0.15) is 12.7 Å². The fourth-order valence-electron chi connectivity index (χ4n) is 0.654. The Morgan fingerprint density at radius 1 is 1.64 bits per heavy atom. The zero-order valence-corrected chi connectivity index (χ0v) is 8.36. The van der Waals surface area contributed by atoms with E-state index in [-0.39, 0.29) is 6.61 Å². The molecule has 1 N–H and O–H groups in total. The second kappa shape index (κ2) is 6.39. The van der Waals surface area contributed by atoms with Crippen molar-refractivity contribution in [3.8, 4) is 0 Å². The monoisotopic (exact) mass is 222 g/mol. The number of carboxylic acids is 1. The number of hydrogen-bond donors (Lipinski definition) is 1. The van der Waals surface area contributed by atoms with Gasteiger partial charge in [-0.05, 0) is 0 Å². The molecule has 80 valence electrons. The van der Waals surface area contributed by atoms with Crippen molar-refractivity contribution < 1.29 is 24.2 Å². The van der Waals surface area contributed by atoms with E-state index in [1.165, 1.54) is 7.11 Å². The van der Waals surface area contributed by atoms with Gasteiger partial charge in [0, 0.05) is 13.2 Å². The van der Waals surface area contributed by atoms with Gasteiger partial charge in [-0.2, -0.15) is 0 Å². The van der Waals surface area contributed by atoms with Crippen LogP contribution >= 0.6 is 11.6 Å². The predicted octanol–water partition coefficient (Wildman–Crippen LogP) is 0.423. The van der Waals surface area contributed by atoms with E-state index in [0.29, 0.717) is 0 Å². The normalized spacial score (nSPS) is 14.1. The Morgan fingerprint density at radius 2 is 2.21 bits per heavy atom. The Morgan fingerprint density at radius 3 is 2.57 bits per heavy atom. The van der Waals surface area contributed by atoms with Gasteiger partial charge in [0.05, 0.1) is 0 Å². The van der Waals surface area contributed by atoms with Crippen molar-refractivity contribution >= 4 is 23.5 Å². The molecule has 14 heavy (non-hydrogen) atoms. The SMILES string of the molecule is C=CC(=O)OCC(OC)C(Cl)C(=O)O. The Bertz CT molecular complexity index is 228. The van der Waals surface area contributed by atoms with Crippen LogP contribution < -0.4 is 0 Å². The zero-order chi connectivity index (χ0) is 11.1. The number of hydrogen-bond acceptors (Lipinski definition) is 4. The maximum atomic E-state index is 10.6. The van der Waals surface area contributed by atoms with Crippen molar-refractivity contribution in [3.63, 3.8) is 0 Å². The van der Waals surface area contributed by atoms with E-state index in [9.17, 15) is 9.59 Å². The van der Waals surface area contributed by atoms with E-state index in [2.05, 4.69) is 11.3 Å². The highest BCUT2D eigenvalue weighted by Gasteiger charge is 2.26. The molecule has 0 amide bonds. The van der Waals surface area contributed by atoms with Gasteiger partial charge in [0.25, 0.3) is 0 Å². The summed E-state index contributed by atoms with van der Waals surface area (Å²) in [6.07, 6.45) is 0.0922. The van der Waals surface area contributed by atoms with Crippen LogP contribution in [-0.2, 0) is 19.1 Å². The van der Waals surface area contributed by atoms with Crippen molar-refractivity contribution in [3.05, 3.63) is 12.7 Å². The molecule has 0 fully saturated rings. The molecule has 0 aliphatic rings. The smallest absolute Gasteiger partial charge is 0.330 e. The van der Waals surface area contributed by atoms with Crippen LogP contribution in [0.2, 0.25) is 0 Å². The van der Waals surface area contributed by atoms with Gasteiger partial charge in [-0.15, -0.1) is 11.6 Å². The Labute approximate surface area is 86.3 Å². The van der Waals surface area contributed by atoms with E-state index in [1.807, 2.05) is 0 Å². The summed E-state index contributed by atoms with van der Waals surface area (Å²) in [7, 11) is 1.28. The summed E-state index contributed by atoms with van der Waals surface area (Å²) in [4.78, 5) is 21.1. The molecule has 0 aromatic rings. The third-order valence-corrected chi connectivity index (χ3v) is 1.89. The second-order valence-corrected chi connectivity index (χ2v) is 2.82. The quantitative estimate of drug-likeness (QED) is 0.401. The lowest BCUT2D eigenvalue weighted by atomic mass is 10.2. The number of halogens is 1. The Kier molecular flexibility index (Phi) is 5.91. The first kappa shape index (κ1) is 12.9. The van der Waals surface area contributed by atoms with E-state index >= 15 is 0 Å². The van der Waals surface area contributed by atoms with Gasteiger partial charge in [0.15, 0.2) is 5.38 Å². The number of carboxylic acid groups (broad SMARTS) is 1. The molecule has 0 bridgehead atoms. The number of aliphatic carboxylic acids is 1. The Hall–Kier alpha value is -1.07. The number of rotatable bonds is 6. The molecule has 0 saturated carbocycles. The van der Waals surface area contributed by atoms with Crippen molar-refractivity contribution in [1.29, 1.82) is 0 Å². The molecular formula is C8H11ClO5. The highest BCUT2D eigenvalue weighted by atomic mass is 35.5. The highest BCUT2D eigenvalue weighted by Crippen LogP contribution is 2.07. The third-order valence-electron chi connectivity index (χ3n) is 1.42. The maximum absolute atomic E-state index is 10.6. The summed E-state index contributed by atoms with van der Waals surface area (Å²) in [5, 5.41) is 7.28. The lowest BCUT2D eigenvalue weighted by Crippen LogP contribution is -2.35. The summed E-state index contributed by atoms with van der Waals surface area (Å²) < 4.78 is 9.33. The van der Waals surface area contributed by atoms with Crippen LogP contribution in [0.15, 0.2) is 12.7 Å². The van der Waals surface area contributed by atoms with Crippen LogP contribution in [-0.4, -0.2) is 42.2 Å². The van der Waals surface area contributed by atoms with E-state index in [1.54, 1.807) is 0 Å². The number of carbonyl (C=O) groups is 2. The van der Waals surface area contributed by atoms with E-state index in [4.69, 9.17) is 21.4 Å². The molecule has 0 radical (unpaired) electrons. The highest BCUT2D eigenvalue weighted by molar-refractivity contribution is 6.30. The molecule has 0 rings (SSSR count). The van der Waals surface area contributed by atoms with Gasteiger partial charge >= 0.3 is 11.9 Å². The topological polar surface area (TPSA) is 72.8 Å². The van der Waals surface area contributed by atoms with Crippen molar-refractivity contribution in [2.24, 2.45) is 0 Å². The predicted molar refractivity (Wildman–Crippen MR) is 49.2 cm³/mol. The van der Waals surface area contributed by atoms with Gasteiger partial charge in [-0.1, -0.05) is 6.58 Å². The van der Waals surface area contributed by atoms with Crippen LogP contribution in [0.5, 0.6) is 0 Å². The first-order chi connectivity index (χ1) is 6.52. The molecular weight excluding hydrogens is 212 g/mol. The second-order valence-electron chi connectivity index (χ2n) is 2.35. The first-order valence-electron chi connectivity index (χ1n) is 3.71. The number of carbonyl (C=O) groups excluding carboxylic acids is 1. The molecule has 0 aliphatic heterocycles. The summed E-state index contributed by atoms with van der Waals surface area (Å²) in [6.45, 7) is 2.96. The van der Waals surface area contributed by atoms with Crippen molar-refractivity contribution in [1.82, 2.24) is 0 Å². The minimum atomic E-state index is -1.25. The molecule has 6 heteroatoms. The number of alkyl halides is 1. The standard InChI is InChI=1S/C8H11ClO5/c1-3-6(10)14-4-5(13-2)7(9)8(11)12/h3,5,7H,1,4H2,2H3,(H,11,12). The van der Waals surface area contributed by atoms with Crippen molar-refractivity contribution in [2.75, 3.05) is 13.7 Å². The van der Waals surface area contributed by atoms with Crippen LogP contribution in [0.4, 0.5) is 0 Å². The first-order valence-corrected chi connectivity index (χ1v) is 4.15. The molecule has 0 heterocycles. The fourth-order valence-corrected chi connectivity index (χ4v) is 0.830. The Balaban J connectivity index is 4.09. The minimum absolute atomic E-state index is 0.220.